The number of benzene rings is 2. The predicted octanol–water partition coefficient (Wildman–Crippen LogP) is 3.11. The number of hydrogen-bond acceptors (Lipinski definition) is 5. The molecule has 0 amide bonds. The molecule has 0 bridgehead atoms. The van der Waals surface area contributed by atoms with E-state index in [1.165, 1.54) is 18.9 Å². The Balaban J connectivity index is 1.66. The van der Waals surface area contributed by atoms with Crippen molar-refractivity contribution in [3.8, 4) is 5.75 Å². The van der Waals surface area contributed by atoms with Crippen LogP contribution >= 0.6 is 0 Å². The van der Waals surface area contributed by atoms with E-state index in [0.29, 0.717) is 19.0 Å². The van der Waals surface area contributed by atoms with Crippen LogP contribution in [0.1, 0.15) is 30.0 Å². The van der Waals surface area contributed by atoms with E-state index in [0.717, 1.165) is 30.0 Å². The summed E-state index contributed by atoms with van der Waals surface area (Å²) in [4.78, 5) is 17.4. The Morgan fingerprint density at radius 2 is 1.97 bits per heavy atom. The fourth-order valence-corrected chi connectivity index (χ4v) is 3.81. The first-order chi connectivity index (χ1) is 14.6. The first-order valence-corrected chi connectivity index (χ1v) is 10.2. The van der Waals surface area contributed by atoms with Gasteiger partial charge in [0.25, 0.3) is 5.69 Å². The zero-order valence-corrected chi connectivity index (χ0v) is 17.5. The summed E-state index contributed by atoms with van der Waals surface area (Å²) in [6, 6.07) is 14.9. The van der Waals surface area contributed by atoms with Gasteiger partial charge in [-0.15, -0.1) is 0 Å². The molecule has 1 saturated heterocycles. The number of ether oxygens (including phenoxy) is 1. The molecule has 30 heavy (non-hydrogen) atoms. The lowest BCUT2D eigenvalue weighted by Gasteiger charge is -2.30. The van der Waals surface area contributed by atoms with Crippen LogP contribution in [0.15, 0.2) is 53.5 Å². The predicted molar refractivity (Wildman–Crippen MR) is 118 cm³/mol. The van der Waals surface area contributed by atoms with Gasteiger partial charge < -0.3 is 15.4 Å². The number of hydrogen-bond donors (Lipinski definition) is 2. The number of likely N-dealkylation sites (tertiary alicyclic amines) is 1. The van der Waals surface area contributed by atoms with Gasteiger partial charge in [0, 0.05) is 37.8 Å². The van der Waals surface area contributed by atoms with Gasteiger partial charge in [0.2, 0.25) is 0 Å². The average molecular weight is 412 g/mol. The first-order valence-electron chi connectivity index (χ1n) is 10.2. The normalized spacial score (nSPS) is 15.6. The van der Waals surface area contributed by atoms with Crippen LogP contribution in [0.3, 0.4) is 0 Å². The number of nitrogens with zero attached hydrogens (tertiary/aromatic N) is 3. The van der Waals surface area contributed by atoms with Crippen molar-refractivity contribution < 1.29 is 9.66 Å². The smallest absolute Gasteiger partial charge is 0.269 e. The van der Waals surface area contributed by atoms with Crippen molar-refractivity contribution >= 4 is 11.6 Å². The maximum Gasteiger partial charge on any atom is 0.269 e. The number of rotatable bonds is 8. The minimum atomic E-state index is -0.384. The highest BCUT2D eigenvalue weighted by Crippen LogP contribution is 2.31. The number of nitro benzene ring substituents is 1. The highest BCUT2D eigenvalue weighted by molar-refractivity contribution is 5.79. The van der Waals surface area contributed by atoms with Crippen LogP contribution in [0.2, 0.25) is 0 Å². The van der Waals surface area contributed by atoms with Crippen LogP contribution in [-0.2, 0) is 6.54 Å². The van der Waals surface area contributed by atoms with Crippen molar-refractivity contribution in [2.24, 2.45) is 4.99 Å². The quantitative estimate of drug-likeness (QED) is 0.300. The van der Waals surface area contributed by atoms with E-state index in [2.05, 4.69) is 26.6 Å². The maximum atomic E-state index is 11.0. The SMILES string of the molecule is CN=C(NCc1cccc([N+](=O)[O-])c1)NCC(c1ccccc1OC)N1CCCC1. The molecule has 0 aliphatic carbocycles. The third-order valence-corrected chi connectivity index (χ3v) is 5.35. The molecule has 2 aromatic rings. The van der Waals surface area contributed by atoms with Crippen molar-refractivity contribution in [3.05, 3.63) is 69.8 Å². The Kier molecular flexibility index (Phi) is 7.62. The van der Waals surface area contributed by atoms with Gasteiger partial charge >= 0.3 is 0 Å². The fourth-order valence-electron chi connectivity index (χ4n) is 3.81. The average Bonchev–Trinajstić information content (AvgIpc) is 3.31. The Labute approximate surface area is 177 Å². The molecule has 1 aliphatic rings. The number of nitrogens with one attached hydrogen (secondary N) is 2. The van der Waals surface area contributed by atoms with Gasteiger partial charge in [0.1, 0.15) is 5.75 Å². The molecule has 0 saturated carbocycles. The van der Waals surface area contributed by atoms with E-state index in [1.807, 2.05) is 24.3 Å². The molecule has 1 aliphatic heterocycles. The summed E-state index contributed by atoms with van der Waals surface area (Å²) in [6.45, 7) is 3.24. The van der Waals surface area contributed by atoms with Crippen molar-refractivity contribution in [1.82, 2.24) is 15.5 Å². The Bertz CT molecular complexity index is 881. The Morgan fingerprint density at radius 1 is 1.20 bits per heavy atom. The van der Waals surface area contributed by atoms with Crippen LogP contribution in [0, 0.1) is 10.1 Å². The highest BCUT2D eigenvalue weighted by atomic mass is 16.6. The topological polar surface area (TPSA) is 92.0 Å². The summed E-state index contributed by atoms with van der Waals surface area (Å²) in [6.07, 6.45) is 2.40. The molecule has 8 nitrogen and oxygen atoms in total. The van der Waals surface area contributed by atoms with Crippen LogP contribution in [0.5, 0.6) is 5.75 Å². The van der Waals surface area contributed by atoms with Crippen LogP contribution < -0.4 is 15.4 Å². The number of para-hydroxylation sites is 1. The van der Waals surface area contributed by atoms with Crippen LogP contribution in [-0.4, -0.2) is 49.6 Å². The largest absolute Gasteiger partial charge is 0.496 e. The van der Waals surface area contributed by atoms with Crippen LogP contribution in [0.25, 0.3) is 0 Å². The van der Waals surface area contributed by atoms with E-state index in [4.69, 9.17) is 4.74 Å². The van der Waals surface area contributed by atoms with E-state index < -0.39 is 0 Å². The summed E-state index contributed by atoms with van der Waals surface area (Å²) in [5.41, 5.74) is 2.07. The van der Waals surface area contributed by atoms with E-state index in [9.17, 15) is 10.1 Å². The van der Waals surface area contributed by atoms with Crippen molar-refractivity contribution in [2.75, 3.05) is 33.8 Å². The number of aliphatic imine (C=N–C) groups is 1. The standard InChI is InChI=1S/C22H29N5O3/c1-23-22(24-15-17-8-7-9-18(14-17)27(28)29)25-16-20(26-12-5-6-13-26)19-10-3-4-11-21(19)30-2/h3-4,7-11,14,20H,5-6,12-13,15-16H2,1-2H3,(H2,23,24,25). The zero-order valence-electron chi connectivity index (χ0n) is 17.5. The minimum Gasteiger partial charge on any atom is -0.496 e. The number of methoxy groups -OCH3 is 1. The second-order valence-electron chi connectivity index (χ2n) is 7.23. The molecule has 2 aromatic carbocycles. The lowest BCUT2D eigenvalue weighted by atomic mass is 10.0. The lowest BCUT2D eigenvalue weighted by molar-refractivity contribution is -0.384. The van der Waals surface area contributed by atoms with Gasteiger partial charge in [-0.3, -0.25) is 20.0 Å². The van der Waals surface area contributed by atoms with Crippen molar-refractivity contribution in [2.45, 2.75) is 25.4 Å². The van der Waals surface area contributed by atoms with Crippen molar-refractivity contribution in [1.29, 1.82) is 0 Å². The Hall–Kier alpha value is -3.13. The maximum absolute atomic E-state index is 11.0. The molecule has 160 valence electrons. The summed E-state index contributed by atoms with van der Waals surface area (Å²) in [5.74, 6) is 1.54. The van der Waals surface area contributed by atoms with Gasteiger partial charge in [-0.25, -0.2) is 0 Å². The van der Waals surface area contributed by atoms with Gasteiger partial charge in [0.05, 0.1) is 18.1 Å². The van der Waals surface area contributed by atoms with E-state index >= 15 is 0 Å². The molecule has 3 rings (SSSR count). The number of guanidine groups is 1. The number of non-ortho nitro benzene ring substituents is 1. The monoisotopic (exact) mass is 411 g/mol. The zero-order chi connectivity index (χ0) is 21.3. The molecule has 1 fully saturated rings. The van der Waals surface area contributed by atoms with E-state index in [-0.39, 0.29) is 16.7 Å². The van der Waals surface area contributed by atoms with Crippen LogP contribution in [0.4, 0.5) is 5.69 Å². The lowest BCUT2D eigenvalue weighted by Crippen LogP contribution is -2.42. The molecule has 8 heteroatoms. The van der Waals surface area contributed by atoms with Gasteiger partial charge in [-0.05, 0) is 37.6 Å². The third-order valence-electron chi connectivity index (χ3n) is 5.35. The molecular weight excluding hydrogens is 382 g/mol. The molecule has 2 N–H and O–H groups in total. The highest BCUT2D eigenvalue weighted by Gasteiger charge is 2.26. The van der Waals surface area contributed by atoms with Gasteiger partial charge in [-0.2, -0.15) is 0 Å². The molecule has 0 radical (unpaired) electrons. The molecule has 0 spiro atoms. The molecule has 0 aromatic heterocycles. The summed E-state index contributed by atoms with van der Waals surface area (Å²) >= 11 is 0. The molecule has 1 unspecified atom stereocenters. The minimum absolute atomic E-state index is 0.0857. The third kappa shape index (κ3) is 5.48. The summed E-state index contributed by atoms with van der Waals surface area (Å²) in [7, 11) is 3.42. The van der Waals surface area contributed by atoms with Crippen molar-refractivity contribution in [3.63, 3.8) is 0 Å². The van der Waals surface area contributed by atoms with Gasteiger partial charge in [0.15, 0.2) is 5.96 Å². The first kappa shape index (κ1) is 21.6. The summed E-state index contributed by atoms with van der Waals surface area (Å²) < 4.78 is 5.60. The summed E-state index contributed by atoms with van der Waals surface area (Å²) in [5, 5.41) is 17.6. The van der Waals surface area contributed by atoms with Gasteiger partial charge in [-0.1, -0.05) is 30.3 Å². The fraction of sp³-hybridized carbons (Fsp3) is 0.409. The molecule has 1 heterocycles. The molecule has 1 atom stereocenters. The second-order valence-corrected chi connectivity index (χ2v) is 7.23. The second kappa shape index (κ2) is 10.6. The van der Waals surface area contributed by atoms with E-state index in [1.54, 1.807) is 26.3 Å². The Morgan fingerprint density at radius 3 is 2.67 bits per heavy atom. The number of nitro groups is 1. The molecular formula is C22H29N5O3.